The van der Waals surface area contributed by atoms with E-state index in [1.807, 2.05) is 0 Å². The fraction of sp³-hybridized carbons (Fsp3) is 0.333. The largest absolute Gasteiger partial charge is 0.366 e. The minimum absolute atomic E-state index is 0.00607. The number of pyridine rings is 2. The number of nitrogens with zero attached hydrogens (tertiary/aromatic N) is 4. The molecule has 1 N–H and O–H groups in total. The van der Waals surface area contributed by atoms with Gasteiger partial charge in [-0.05, 0) is 31.0 Å². The highest BCUT2D eigenvalue weighted by Crippen LogP contribution is 2.40. The van der Waals surface area contributed by atoms with E-state index in [1.165, 1.54) is 6.92 Å². The van der Waals surface area contributed by atoms with Gasteiger partial charge in [0.2, 0.25) is 0 Å². The Balaban J connectivity index is 1.77. The molecule has 2 aliphatic heterocycles. The maximum atomic E-state index is 13.0. The van der Waals surface area contributed by atoms with Gasteiger partial charge in [0, 0.05) is 26.2 Å². The Morgan fingerprint density at radius 2 is 2.19 bits per heavy atom. The van der Waals surface area contributed by atoms with Gasteiger partial charge < -0.3 is 4.90 Å². The summed E-state index contributed by atoms with van der Waals surface area (Å²) in [5.41, 5.74) is 0.967. The molecule has 2 aromatic heterocycles. The SMILES string of the molecule is CC(=O)c1nc2c(cc1Cl)N1CCC[C@@H](C1)N2C(=O)Nc1ccccn1. The maximum absolute atomic E-state index is 13.0. The molecule has 1 atom stereocenters. The van der Waals surface area contributed by atoms with Crippen LogP contribution in [0.15, 0.2) is 30.5 Å². The van der Waals surface area contributed by atoms with Gasteiger partial charge in [-0.2, -0.15) is 0 Å². The molecular weight excluding hydrogens is 354 g/mol. The van der Waals surface area contributed by atoms with Crippen LogP contribution in [0.5, 0.6) is 0 Å². The molecule has 8 heteroatoms. The maximum Gasteiger partial charge on any atom is 0.329 e. The molecule has 7 nitrogen and oxygen atoms in total. The average molecular weight is 372 g/mol. The number of fused-ring (bicyclic) bond motifs is 4. The Kier molecular flexibility index (Phi) is 4.24. The van der Waals surface area contributed by atoms with Crippen molar-refractivity contribution in [3.8, 4) is 0 Å². The summed E-state index contributed by atoms with van der Waals surface area (Å²) in [7, 11) is 0. The summed E-state index contributed by atoms with van der Waals surface area (Å²) in [6.07, 6.45) is 3.48. The number of hydrogen-bond donors (Lipinski definition) is 1. The number of carbonyl (C=O) groups excluding carboxylic acids is 2. The zero-order valence-electron chi connectivity index (χ0n) is 14.3. The molecule has 2 aromatic rings. The van der Waals surface area contributed by atoms with Gasteiger partial charge in [0.25, 0.3) is 0 Å². The molecule has 2 bridgehead atoms. The van der Waals surface area contributed by atoms with Crippen LogP contribution in [0, 0.1) is 0 Å². The van der Waals surface area contributed by atoms with Gasteiger partial charge >= 0.3 is 6.03 Å². The number of anilines is 3. The summed E-state index contributed by atoms with van der Waals surface area (Å²) in [6.45, 7) is 3.03. The number of piperidine rings is 1. The van der Waals surface area contributed by atoms with E-state index < -0.39 is 0 Å². The highest BCUT2D eigenvalue weighted by Gasteiger charge is 2.39. The van der Waals surface area contributed by atoms with Crippen molar-refractivity contribution in [3.05, 3.63) is 41.2 Å². The van der Waals surface area contributed by atoms with Crippen molar-refractivity contribution < 1.29 is 9.59 Å². The van der Waals surface area contributed by atoms with E-state index in [4.69, 9.17) is 11.6 Å². The van der Waals surface area contributed by atoms with E-state index in [0.29, 0.717) is 16.7 Å². The fourth-order valence-electron chi connectivity index (χ4n) is 3.55. The molecule has 0 spiro atoms. The summed E-state index contributed by atoms with van der Waals surface area (Å²) in [6, 6.07) is 6.75. The zero-order chi connectivity index (χ0) is 18.3. The number of hydrogen-bond acceptors (Lipinski definition) is 5. The van der Waals surface area contributed by atoms with E-state index >= 15 is 0 Å². The van der Waals surface area contributed by atoms with Crippen LogP contribution in [0.2, 0.25) is 5.02 Å². The number of carbonyl (C=O) groups is 2. The molecule has 4 rings (SSSR count). The third-order valence-corrected chi connectivity index (χ3v) is 5.01. The van der Waals surface area contributed by atoms with Crippen LogP contribution >= 0.6 is 11.6 Å². The molecule has 0 unspecified atom stereocenters. The highest BCUT2D eigenvalue weighted by atomic mass is 35.5. The van der Waals surface area contributed by atoms with Crippen molar-refractivity contribution in [1.82, 2.24) is 9.97 Å². The molecule has 0 radical (unpaired) electrons. The highest BCUT2D eigenvalue weighted by molar-refractivity contribution is 6.34. The Hall–Kier alpha value is -2.67. The first kappa shape index (κ1) is 16.8. The van der Waals surface area contributed by atoms with Crippen molar-refractivity contribution in [3.63, 3.8) is 0 Å². The second-order valence-electron chi connectivity index (χ2n) is 6.47. The normalized spacial score (nSPS) is 18.3. The van der Waals surface area contributed by atoms with Crippen LogP contribution in [0.4, 0.5) is 22.1 Å². The first-order valence-electron chi connectivity index (χ1n) is 8.52. The van der Waals surface area contributed by atoms with E-state index in [0.717, 1.165) is 31.6 Å². The second-order valence-corrected chi connectivity index (χ2v) is 6.88. The first-order chi connectivity index (χ1) is 12.5. The van der Waals surface area contributed by atoms with E-state index in [2.05, 4.69) is 20.2 Å². The Morgan fingerprint density at radius 1 is 1.35 bits per heavy atom. The summed E-state index contributed by atoms with van der Waals surface area (Å²) in [5, 5.41) is 3.13. The standard InChI is InChI=1S/C18H18ClN5O2/c1-11(25)16-13(19)9-14-17(22-16)24(12-5-4-8-23(14)10-12)18(26)21-15-6-2-3-7-20-15/h2-3,6-7,9,12H,4-5,8,10H2,1H3,(H,20,21,26)/t12-/m0/s1. The molecule has 4 heterocycles. The lowest BCUT2D eigenvalue weighted by Gasteiger charge is -2.45. The monoisotopic (exact) mass is 371 g/mol. The number of nitrogens with one attached hydrogen (secondary N) is 1. The van der Waals surface area contributed by atoms with Gasteiger partial charge in [-0.1, -0.05) is 17.7 Å². The first-order valence-corrected chi connectivity index (χ1v) is 8.90. The zero-order valence-corrected chi connectivity index (χ0v) is 15.0. The summed E-state index contributed by atoms with van der Waals surface area (Å²) < 4.78 is 0. The summed E-state index contributed by atoms with van der Waals surface area (Å²) >= 11 is 6.25. The van der Waals surface area contributed by atoms with Gasteiger partial charge in [0.1, 0.15) is 11.5 Å². The van der Waals surface area contributed by atoms with E-state index in [-0.39, 0.29) is 23.6 Å². The molecular formula is C18H18ClN5O2. The average Bonchev–Trinajstić information content (AvgIpc) is 2.63. The molecule has 0 aliphatic carbocycles. The molecule has 0 aromatic carbocycles. The van der Waals surface area contributed by atoms with Crippen molar-refractivity contribution in [2.75, 3.05) is 28.2 Å². The molecule has 0 saturated carbocycles. The summed E-state index contributed by atoms with van der Waals surface area (Å²) in [5.74, 6) is 0.718. The minimum Gasteiger partial charge on any atom is -0.366 e. The van der Waals surface area contributed by atoms with Crippen LogP contribution in [0.25, 0.3) is 0 Å². The lowest BCUT2D eigenvalue weighted by Crippen LogP contribution is -2.56. The van der Waals surface area contributed by atoms with Crippen LogP contribution in [0.1, 0.15) is 30.3 Å². The molecule has 134 valence electrons. The van der Waals surface area contributed by atoms with E-state index in [9.17, 15) is 9.59 Å². The Bertz CT molecular complexity index is 873. The van der Waals surface area contributed by atoms with Gasteiger partial charge in [0.05, 0.1) is 16.8 Å². The molecule has 1 fully saturated rings. The van der Waals surface area contributed by atoms with Gasteiger partial charge in [-0.25, -0.2) is 14.8 Å². The Morgan fingerprint density at radius 3 is 2.92 bits per heavy atom. The van der Waals surface area contributed by atoms with Gasteiger partial charge in [0.15, 0.2) is 11.6 Å². The fourth-order valence-corrected chi connectivity index (χ4v) is 3.83. The topological polar surface area (TPSA) is 78.4 Å². The van der Waals surface area contributed by atoms with Crippen LogP contribution in [0.3, 0.4) is 0 Å². The van der Waals surface area contributed by atoms with Crippen molar-refractivity contribution in [2.45, 2.75) is 25.8 Å². The molecule has 2 aliphatic rings. The third-order valence-electron chi connectivity index (χ3n) is 4.72. The number of rotatable bonds is 2. The number of amides is 2. The lowest BCUT2D eigenvalue weighted by molar-refractivity contribution is 0.101. The van der Waals surface area contributed by atoms with Gasteiger partial charge in [-0.15, -0.1) is 0 Å². The Labute approximate surface area is 156 Å². The smallest absolute Gasteiger partial charge is 0.329 e. The number of ketones is 1. The quantitative estimate of drug-likeness (QED) is 0.819. The number of aromatic nitrogens is 2. The molecule has 26 heavy (non-hydrogen) atoms. The van der Waals surface area contributed by atoms with Crippen LogP contribution in [-0.2, 0) is 0 Å². The predicted octanol–water partition coefficient (Wildman–Crippen LogP) is 3.35. The minimum atomic E-state index is -0.305. The third kappa shape index (κ3) is 2.88. The predicted molar refractivity (Wildman–Crippen MR) is 100 cm³/mol. The van der Waals surface area contributed by atoms with Crippen molar-refractivity contribution in [1.29, 1.82) is 0 Å². The molecule has 2 amide bonds. The van der Waals surface area contributed by atoms with E-state index in [1.54, 1.807) is 35.4 Å². The van der Waals surface area contributed by atoms with Gasteiger partial charge in [-0.3, -0.25) is 15.0 Å². The lowest BCUT2D eigenvalue weighted by atomic mass is 9.99. The van der Waals surface area contributed by atoms with Crippen LogP contribution in [-0.4, -0.2) is 40.9 Å². The van der Waals surface area contributed by atoms with Crippen LogP contribution < -0.4 is 15.1 Å². The van der Waals surface area contributed by atoms with Crippen molar-refractivity contribution in [2.24, 2.45) is 0 Å². The number of urea groups is 1. The summed E-state index contributed by atoms with van der Waals surface area (Å²) in [4.78, 5) is 37.3. The number of halogens is 1. The second kappa shape index (κ2) is 6.57. The van der Waals surface area contributed by atoms with Crippen molar-refractivity contribution >= 4 is 40.7 Å². The molecule has 1 saturated heterocycles. The number of Topliss-reactive ketones (excluding diaryl/α,β-unsaturated/α-hetero) is 1.